The Kier molecular flexibility index (Phi) is 5.28. The van der Waals surface area contributed by atoms with Gasteiger partial charge in [-0.15, -0.1) is 0 Å². The lowest BCUT2D eigenvalue weighted by atomic mass is 10.2. The highest BCUT2D eigenvalue weighted by Gasteiger charge is 2.46. The fourth-order valence-electron chi connectivity index (χ4n) is 2.61. The van der Waals surface area contributed by atoms with E-state index in [0.717, 1.165) is 0 Å². The number of methoxy groups -OCH3 is 1. The molecular weight excluding hydrogens is 310 g/mol. The molecule has 0 bridgehead atoms. The second-order valence-electron chi connectivity index (χ2n) is 7.22. The normalized spacial score (nSPS) is 19.9. The number of carbonyl (C=O) groups excluding carboxylic acids is 1. The first-order valence-electron chi connectivity index (χ1n) is 8.06. The second kappa shape index (κ2) is 6.89. The quantitative estimate of drug-likeness (QED) is 0.842. The van der Waals surface area contributed by atoms with Crippen LogP contribution in [-0.2, 0) is 9.47 Å². The minimum atomic E-state index is -0.739. The number of hydrogen-bond acceptors (Lipinski definition) is 5. The summed E-state index contributed by atoms with van der Waals surface area (Å²) in [6.07, 6.45) is -0.404. The predicted molar refractivity (Wildman–Crippen MR) is 90.4 cm³/mol. The Morgan fingerprint density at radius 1 is 1.29 bits per heavy atom. The number of amides is 1. The van der Waals surface area contributed by atoms with Crippen LogP contribution in [0, 0.1) is 0 Å². The molecule has 0 unspecified atom stereocenters. The van der Waals surface area contributed by atoms with Crippen LogP contribution in [0.3, 0.4) is 0 Å². The first-order valence-corrected chi connectivity index (χ1v) is 8.06. The van der Waals surface area contributed by atoms with Crippen molar-refractivity contribution in [1.29, 1.82) is 0 Å². The minimum Gasteiger partial charge on any atom is -0.493 e. The van der Waals surface area contributed by atoms with Gasteiger partial charge in [0.1, 0.15) is 17.9 Å². The molecule has 0 aliphatic carbocycles. The van der Waals surface area contributed by atoms with E-state index in [1.165, 1.54) is 0 Å². The van der Waals surface area contributed by atoms with Gasteiger partial charge in [-0.2, -0.15) is 0 Å². The monoisotopic (exact) mass is 337 g/mol. The van der Waals surface area contributed by atoms with E-state index in [9.17, 15) is 4.79 Å². The molecule has 6 heteroatoms. The van der Waals surface area contributed by atoms with E-state index in [4.69, 9.17) is 18.9 Å². The summed E-state index contributed by atoms with van der Waals surface area (Å²) in [5.41, 5.74) is -1.30. The average Bonchev–Trinajstić information content (AvgIpc) is 2.78. The van der Waals surface area contributed by atoms with Crippen molar-refractivity contribution in [2.24, 2.45) is 0 Å². The smallest absolute Gasteiger partial charge is 0.413 e. The zero-order valence-electron chi connectivity index (χ0n) is 15.3. The van der Waals surface area contributed by atoms with E-state index in [0.29, 0.717) is 24.7 Å². The van der Waals surface area contributed by atoms with Gasteiger partial charge in [0.05, 0.1) is 19.8 Å². The molecule has 0 radical (unpaired) electrons. The van der Waals surface area contributed by atoms with Gasteiger partial charge in [-0.1, -0.05) is 12.1 Å². The van der Waals surface area contributed by atoms with Crippen LogP contribution in [0.4, 0.5) is 4.79 Å². The van der Waals surface area contributed by atoms with Crippen molar-refractivity contribution in [3.8, 4) is 11.5 Å². The number of carbonyl (C=O) groups is 1. The molecule has 0 N–H and O–H groups in total. The Balaban J connectivity index is 2.09. The molecule has 1 amide bonds. The topological polar surface area (TPSA) is 57.2 Å². The highest BCUT2D eigenvalue weighted by molar-refractivity contribution is 5.69. The number of para-hydroxylation sites is 2. The Bertz CT molecular complexity index is 579. The van der Waals surface area contributed by atoms with Crippen molar-refractivity contribution in [2.45, 2.75) is 52.0 Å². The number of hydrogen-bond donors (Lipinski definition) is 0. The number of rotatable bonds is 4. The van der Waals surface area contributed by atoms with E-state index >= 15 is 0 Å². The summed E-state index contributed by atoms with van der Waals surface area (Å²) in [5.74, 6) is 1.29. The van der Waals surface area contributed by atoms with Crippen LogP contribution >= 0.6 is 0 Å². The molecule has 1 aliphatic heterocycles. The standard InChI is InChI=1S/C18H27NO5/c1-17(2,3)24-16(20)19-13(12-23-18(19,4)5)11-22-15-10-8-7-9-14(15)21-6/h7-10,13H,11-12H2,1-6H3/t13-/m0/s1. The number of ether oxygens (including phenoxy) is 4. The van der Waals surface area contributed by atoms with Crippen LogP contribution < -0.4 is 9.47 Å². The maximum absolute atomic E-state index is 12.6. The second-order valence-corrected chi connectivity index (χ2v) is 7.22. The average molecular weight is 337 g/mol. The van der Waals surface area contributed by atoms with Gasteiger partial charge in [0.2, 0.25) is 0 Å². The molecule has 1 heterocycles. The van der Waals surface area contributed by atoms with E-state index in [-0.39, 0.29) is 6.04 Å². The summed E-state index contributed by atoms with van der Waals surface area (Å²) in [7, 11) is 1.59. The third-order valence-electron chi connectivity index (χ3n) is 3.66. The Labute approximate surface area is 143 Å². The Morgan fingerprint density at radius 2 is 1.92 bits per heavy atom. The van der Waals surface area contributed by atoms with Crippen LogP contribution in [0.2, 0.25) is 0 Å². The summed E-state index contributed by atoms with van der Waals surface area (Å²) in [4.78, 5) is 14.2. The van der Waals surface area contributed by atoms with Gasteiger partial charge < -0.3 is 18.9 Å². The minimum absolute atomic E-state index is 0.236. The summed E-state index contributed by atoms with van der Waals surface area (Å²) in [6.45, 7) is 9.91. The molecule has 134 valence electrons. The molecule has 1 saturated heterocycles. The molecule has 1 atom stereocenters. The molecule has 24 heavy (non-hydrogen) atoms. The van der Waals surface area contributed by atoms with Gasteiger partial charge in [0, 0.05) is 0 Å². The molecule has 1 aliphatic rings. The molecule has 1 fully saturated rings. The lowest BCUT2D eigenvalue weighted by Gasteiger charge is -2.35. The number of nitrogens with zero attached hydrogens (tertiary/aromatic N) is 1. The first kappa shape index (κ1) is 18.4. The van der Waals surface area contributed by atoms with E-state index in [1.54, 1.807) is 12.0 Å². The lowest BCUT2D eigenvalue weighted by molar-refractivity contribution is -0.0637. The van der Waals surface area contributed by atoms with Gasteiger partial charge in [-0.05, 0) is 46.8 Å². The Morgan fingerprint density at radius 3 is 2.50 bits per heavy atom. The summed E-state index contributed by atoms with van der Waals surface area (Å²) < 4.78 is 22.4. The van der Waals surface area contributed by atoms with Gasteiger partial charge in [0.25, 0.3) is 0 Å². The highest BCUT2D eigenvalue weighted by Crippen LogP contribution is 2.31. The van der Waals surface area contributed by atoms with Crippen molar-refractivity contribution in [2.75, 3.05) is 20.3 Å². The van der Waals surface area contributed by atoms with Crippen LogP contribution in [0.1, 0.15) is 34.6 Å². The number of benzene rings is 1. The predicted octanol–water partition coefficient (Wildman–Crippen LogP) is 3.45. The molecule has 0 aromatic heterocycles. The van der Waals surface area contributed by atoms with Crippen molar-refractivity contribution in [3.05, 3.63) is 24.3 Å². The molecule has 1 aromatic rings. The van der Waals surface area contributed by atoms with Gasteiger partial charge in [-0.3, -0.25) is 4.90 Å². The first-order chi connectivity index (χ1) is 11.1. The maximum Gasteiger partial charge on any atom is 0.413 e. The fraction of sp³-hybridized carbons (Fsp3) is 0.611. The van der Waals surface area contributed by atoms with Crippen molar-refractivity contribution >= 4 is 6.09 Å². The van der Waals surface area contributed by atoms with Crippen molar-refractivity contribution < 1.29 is 23.7 Å². The maximum atomic E-state index is 12.6. The van der Waals surface area contributed by atoms with Gasteiger partial charge in [-0.25, -0.2) is 4.79 Å². The van der Waals surface area contributed by atoms with Crippen LogP contribution in [0.15, 0.2) is 24.3 Å². The third kappa shape index (κ3) is 4.32. The van der Waals surface area contributed by atoms with Crippen LogP contribution in [0.5, 0.6) is 11.5 Å². The zero-order valence-corrected chi connectivity index (χ0v) is 15.3. The van der Waals surface area contributed by atoms with E-state index in [2.05, 4.69) is 0 Å². The summed E-state index contributed by atoms with van der Waals surface area (Å²) >= 11 is 0. The van der Waals surface area contributed by atoms with Crippen molar-refractivity contribution in [3.63, 3.8) is 0 Å². The summed E-state index contributed by atoms with van der Waals surface area (Å²) in [5, 5.41) is 0. The molecule has 0 saturated carbocycles. The van der Waals surface area contributed by atoms with Crippen molar-refractivity contribution in [1.82, 2.24) is 4.90 Å². The lowest BCUT2D eigenvalue weighted by Crippen LogP contribution is -2.51. The van der Waals surface area contributed by atoms with E-state index in [1.807, 2.05) is 58.9 Å². The highest BCUT2D eigenvalue weighted by atomic mass is 16.6. The van der Waals surface area contributed by atoms with Gasteiger partial charge in [0.15, 0.2) is 11.5 Å². The Hall–Kier alpha value is -1.95. The van der Waals surface area contributed by atoms with Gasteiger partial charge >= 0.3 is 6.09 Å². The molecule has 0 spiro atoms. The molecule has 6 nitrogen and oxygen atoms in total. The summed E-state index contributed by atoms with van der Waals surface area (Å²) in [6, 6.07) is 7.17. The molecule has 2 rings (SSSR count). The largest absolute Gasteiger partial charge is 0.493 e. The SMILES string of the molecule is COc1ccccc1OC[C@H]1COC(C)(C)N1C(=O)OC(C)(C)C. The van der Waals surface area contributed by atoms with Crippen LogP contribution in [0.25, 0.3) is 0 Å². The fourth-order valence-corrected chi connectivity index (χ4v) is 2.61. The van der Waals surface area contributed by atoms with E-state index < -0.39 is 17.4 Å². The third-order valence-corrected chi connectivity index (χ3v) is 3.66. The molecule has 1 aromatic carbocycles. The zero-order chi connectivity index (χ0) is 18.0. The van der Waals surface area contributed by atoms with Crippen LogP contribution in [-0.4, -0.2) is 48.7 Å². The molecular formula is C18H27NO5.